The van der Waals surface area contributed by atoms with E-state index in [1.165, 1.54) is 7.11 Å². The quantitative estimate of drug-likeness (QED) is 0.457. The lowest BCUT2D eigenvalue weighted by Crippen LogP contribution is -2.34. The summed E-state index contributed by atoms with van der Waals surface area (Å²) in [7, 11) is 9.99. The van der Waals surface area contributed by atoms with Gasteiger partial charge in [0.05, 0.1) is 39.1 Å². The minimum Gasteiger partial charge on any atom is -0.495 e. The van der Waals surface area contributed by atoms with E-state index in [0.29, 0.717) is 46.7 Å². The molecule has 0 spiro atoms. The molecule has 3 aromatic rings. The highest BCUT2D eigenvalue weighted by Gasteiger charge is 2.17. The smallest absolute Gasteiger partial charge is 0.236 e. The molecule has 10 heteroatoms. The van der Waals surface area contributed by atoms with Crippen LogP contribution in [-0.4, -0.2) is 74.7 Å². The Morgan fingerprint density at radius 1 is 1.03 bits per heavy atom. The van der Waals surface area contributed by atoms with Gasteiger partial charge < -0.3 is 24.4 Å². The molecule has 36 heavy (non-hydrogen) atoms. The fourth-order valence-corrected chi connectivity index (χ4v) is 3.62. The van der Waals surface area contributed by atoms with Gasteiger partial charge in [0.25, 0.3) is 0 Å². The minimum atomic E-state index is 0.000939. The van der Waals surface area contributed by atoms with Crippen molar-refractivity contribution in [2.24, 2.45) is 0 Å². The van der Waals surface area contributed by atoms with Crippen LogP contribution in [0.5, 0.6) is 17.2 Å². The van der Waals surface area contributed by atoms with Gasteiger partial charge in [-0.25, -0.2) is 9.97 Å². The number of rotatable bonds is 10. The number of aromatic nitrogens is 2. The van der Waals surface area contributed by atoms with Gasteiger partial charge in [0.2, 0.25) is 11.9 Å². The number of anilines is 2. The van der Waals surface area contributed by atoms with Crippen LogP contribution < -0.4 is 19.5 Å². The van der Waals surface area contributed by atoms with Crippen molar-refractivity contribution in [3.05, 3.63) is 53.7 Å². The number of carbonyl (C=O) groups excluding carboxylic acids is 1. The van der Waals surface area contributed by atoms with Crippen LogP contribution in [0.2, 0.25) is 0 Å². The van der Waals surface area contributed by atoms with Crippen LogP contribution in [0.1, 0.15) is 11.1 Å². The van der Waals surface area contributed by atoms with Crippen molar-refractivity contribution < 1.29 is 19.0 Å². The molecule has 1 amide bonds. The molecule has 2 aromatic carbocycles. The molecule has 0 bridgehead atoms. The molecule has 0 saturated carbocycles. The lowest BCUT2D eigenvalue weighted by molar-refractivity contribution is -0.129. The summed E-state index contributed by atoms with van der Waals surface area (Å²) in [5.74, 6) is 2.00. The van der Waals surface area contributed by atoms with Crippen molar-refractivity contribution in [2.45, 2.75) is 6.54 Å². The van der Waals surface area contributed by atoms with E-state index in [0.717, 1.165) is 11.1 Å². The Hall–Kier alpha value is -4.36. The van der Waals surface area contributed by atoms with Crippen molar-refractivity contribution in [3.63, 3.8) is 0 Å². The number of methoxy groups -OCH3 is 3. The molecular formula is C26H30N6O4. The molecule has 10 nitrogen and oxygen atoms in total. The molecule has 0 aliphatic heterocycles. The fourth-order valence-electron chi connectivity index (χ4n) is 3.62. The molecule has 0 saturated heterocycles. The second kappa shape index (κ2) is 11.9. The van der Waals surface area contributed by atoms with Gasteiger partial charge in [-0.1, -0.05) is 0 Å². The number of hydrogen-bond donors (Lipinski definition) is 1. The molecule has 0 aliphatic carbocycles. The van der Waals surface area contributed by atoms with E-state index in [1.807, 2.05) is 24.1 Å². The zero-order chi connectivity index (χ0) is 26.2. The van der Waals surface area contributed by atoms with Crippen LogP contribution in [0.15, 0.2) is 42.6 Å². The van der Waals surface area contributed by atoms with E-state index in [-0.39, 0.29) is 12.5 Å². The Kier molecular flexibility index (Phi) is 8.65. The number of nitrogens with one attached hydrogen (secondary N) is 1. The van der Waals surface area contributed by atoms with Crippen molar-refractivity contribution in [1.82, 2.24) is 19.8 Å². The Bertz CT molecular complexity index is 1270. The largest absolute Gasteiger partial charge is 0.495 e. The van der Waals surface area contributed by atoms with E-state index < -0.39 is 0 Å². The maximum absolute atomic E-state index is 12.1. The van der Waals surface area contributed by atoms with Crippen LogP contribution in [0.4, 0.5) is 11.6 Å². The molecule has 0 unspecified atom stereocenters. The average molecular weight is 491 g/mol. The van der Waals surface area contributed by atoms with Crippen molar-refractivity contribution in [1.29, 1.82) is 5.26 Å². The molecule has 1 aromatic heterocycles. The highest BCUT2D eigenvalue weighted by atomic mass is 16.5. The van der Waals surface area contributed by atoms with Gasteiger partial charge >= 0.3 is 0 Å². The predicted molar refractivity (Wildman–Crippen MR) is 137 cm³/mol. The second-order valence-corrected chi connectivity index (χ2v) is 8.25. The van der Waals surface area contributed by atoms with E-state index in [2.05, 4.69) is 21.4 Å². The van der Waals surface area contributed by atoms with E-state index in [4.69, 9.17) is 14.2 Å². The molecule has 0 fully saturated rings. The summed E-state index contributed by atoms with van der Waals surface area (Å²) in [4.78, 5) is 24.5. The maximum Gasteiger partial charge on any atom is 0.236 e. The van der Waals surface area contributed by atoms with Crippen LogP contribution in [-0.2, 0) is 11.3 Å². The number of benzene rings is 2. The number of nitriles is 1. The second-order valence-electron chi connectivity index (χ2n) is 8.25. The summed E-state index contributed by atoms with van der Waals surface area (Å²) in [6.07, 6.45) is 1.64. The van der Waals surface area contributed by atoms with Crippen LogP contribution in [0.25, 0.3) is 11.3 Å². The van der Waals surface area contributed by atoms with Gasteiger partial charge in [0, 0.05) is 49.7 Å². The Balaban J connectivity index is 1.90. The first-order chi connectivity index (χ1) is 17.3. The van der Waals surface area contributed by atoms with Gasteiger partial charge in [-0.3, -0.25) is 9.69 Å². The average Bonchev–Trinajstić information content (AvgIpc) is 2.87. The Morgan fingerprint density at radius 2 is 1.78 bits per heavy atom. The Morgan fingerprint density at radius 3 is 2.42 bits per heavy atom. The number of carbonyl (C=O) groups is 1. The highest BCUT2D eigenvalue weighted by Crippen LogP contribution is 2.36. The van der Waals surface area contributed by atoms with Gasteiger partial charge in [-0.15, -0.1) is 0 Å². The zero-order valence-corrected chi connectivity index (χ0v) is 21.3. The summed E-state index contributed by atoms with van der Waals surface area (Å²) in [6, 6.07) is 12.9. The summed E-state index contributed by atoms with van der Waals surface area (Å²) in [5, 5.41) is 12.6. The van der Waals surface area contributed by atoms with Gasteiger partial charge in [0.15, 0.2) is 11.5 Å². The van der Waals surface area contributed by atoms with E-state index in [9.17, 15) is 10.1 Å². The maximum atomic E-state index is 12.1. The molecular weight excluding hydrogens is 460 g/mol. The van der Waals surface area contributed by atoms with Gasteiger partial charge in [-0.05, 0) is 37.4 Å². The summed E-state index contributed by atoms with van der Waals surface area (Å²) < 4.78 is 16.4. The topological polar surface area (TPSA) is 113 Å². The SMILES string of the molecule is COc1ccc(-c2ccnc(Nc3cc(CN(C)CC(=O)N(C)C)c(OC)c(OC)c3)n2)cc1C#N. The highest BCUT2D eigenvalue weighted by molar-refractivity contribution is 5.77. The van der Waals surface area contributed by atoms with Gasteiger partial charge in [0.1, 0.15) is 11.8 Å². The third kappa shape index (κ3) is 6.20. The van der Waals surface area contributed by atoms with Crippen molar-refractivity contribution >= 4 is 17.5 Å². The molecule has 1 heterocycles. The zero-order valence-electron chi connectivity index (χ0n) is 21.3. The minimum absolute atomic E-state index is 0.000939. The number of hydrogen-bond acceptors (Lipinski definition) is 9. The molecule has 0 aliphatic rings. The summed E-state index contributed by atoms with van der Waals surface area (Å²) in [5.41, 5.74) is 3.36. The number of likely N-dealkylation sites (N-methyl/N-ethyl adjacent to an activating group) is 2. The fraction of sp³-hybridized carbons (Fsp3) is 0.308. The van der Waals surface area contributed by atoms with Crippen LogP contribution >= 0.6 is 0 Å². The molecule has 3 rings (SSSR count). The third-order valence-corrected chi connectivity index (χ3v) is 5.43. The summed E-state index contributed by atoms with van der Waals surface area (Å²) >= 11 is 0. The van der Waals surface area contributed by atoms with Crippen molar-refractivity contribution in [2.75, 3.05) is 54.3 Å². The Labute approximate surface area is 211 Å². The molecule has 188 valence electrons. The monoisotopic (exact) mass is 490 g/mol. The molecule has 1 N–H and O–H groups in total. The predicted octanol–water partition coefficient (Wildman–Crippen LogP) is 3.30. The van der Waals surface area contributed by atoms with Crippen LogP contribution in [0, 0.1) is 11.3 Å². The lowest BCUT2D eigenvalue weighted by Gasteiger charge is -2.22. The number of amides is 1. The lowest BCUT2D eigenvalue weighted by atomic mass is 10.1. The summed E-state index contributed by atoms with van der Waals surface area (Å²) in [6.45, 7) is 0.714. The standard InChI is InChI=1S/C26H30N6O4/c1-31(2)24(33)16-32(3)15-19-12-20(13-23(35-5)25(19)36-6)29-26-28-10-9-21(30-26)17-7-8-22(34-4)18(11-17)14-27/h7-13H,15-16H2,1-6H3,(H,28,29,30). The van der Waals surface area contributed by atoms with E-state index in [1.54, 1.807) is 63.7 Å². The number of ether oxygens (including phenoxy) is 3. The first-order valence-electron chi connectivity index (χ1n) is 11.1. The first-order valence-corrected chi connectivity index (χ1v) is 11.1. The van der Waals surface area contributed by atoms with E-state index >= 15 is 0 Å². The van der Waals surface area contributed by atoms with Gasteiger partial charge in [-0.2, -0.15) is 5.26 Å². The third-order valence-electron chi connectivity index (χ3n) is 5.43. The number of nitrogens with zero attached hydrogens (tertiary/aromatic N) is 5. The molecule has 0 radical (unpaired) electrons. The van der Waals surface area contributed by atoms with Crippen LogP contribution in [0.3, 0.4) is 0 Å². The normalized spacial score (nSPS) is 10.5. The van der Waals surface area contributed by atoms with Crippen molar-refractivity contribution in [3.8, 4) is 34.6 Å². The first kappa shape index (κ1) is 26.2. The molecule has 0 atom stereocenters.